The Balaban J connectivity index is 2.00. The van der Waals surface area contributed by atoms with E-state index in [9.17, 15) is 0 Å². The van der Waals surface area contributed by atoms with Crippen molar-refractivity contribution in [3.05, 3.63) is 30.2 Å². The number of ether oxygens (including phenoxy) is 1. The molecule has 0 aromatic carbocycles. The topological polar surface area (TPSA) is 42.7 Å². The normalized spacial score (nSPS) is 20.8. The number of epoxide rings is 1. The molecule has 1 aliphatic rings. The maximum absolute atomic E-state index is 5.14. The van der Waals surface area contributed by atoms with E-state index < -0.39 is 0 Å². The standard InChI is InChI=1S/C9H9N3O/c1-2-10-9-5-7(4-8-6-13-8)11-12(9)3-1/h1-3,5,8H,4,6H2. The van der Waals surface area contributed by atoms with Crippen LogP contribution in [0.5, 0.6) is 0 Å². The summed E-state index contributed by atoms with van der Waals surface area (Å²) >= 11 is 0. The summed E-state index contributed by atoms with van der Waals surface area (Å²) in [6.07, 6.45) is 4.97. The quantitative estimate of drug-likeness (QED) is 0.630. The molecule has 66 valence electrons. The van der Waals surface area contributed by atoms with Crippen molar-refractivity contribution < 1.29 is 4.74 Å². The number of aromatic nitrogens is 3. The molecule has 0 aliphatic carbocycles. The number of nitrogens with zero attached hydrogens (tertiary/aromatic N) is 3. The summed E-state index contributed by atoms with van der Waals surface area (Å²) in [5.41, 5.74) is 1.96. The maximum atomic E-state index is 5.14. The van der Waals surface area contributed by atoms with Crippen molar-refractivity contribution in [3.63, 3.8) is 0 Å². The van der Waals surface area contributed by atoms with Gasteiger partial charge in [-0.1, -0.05) is 0 Å². The molecular weight excluding hydrogens is 166 g/mol. The van der Waals surface area contributed by atoms with Crippen molar-refractivity contribution in [3.8, 4) is 0 Å². The summed E-state index contributed by atoms with van der Waals surface area (Å²) < 4.78 is 6.93. The minimum Gasteiger partial charge on any atom is -0.373 e. The monoisotopic (exact) mass is 175 g/mol. The fourth-order valence-electron chi connectivity index (χ4n) is 1.40. The van der Waals surface area contributed by atoms with Gasteiger partial charge in [0.2, 0.25) is 0 Å². The Morgan fingerprint density at radius 1 is 1.62 bits per heavy atom. The van der Waals surface area contributed by atoms with Gasteiger partial charge in [-0.05, 0) is 6.07 Å². The number of rotatable bonds is 2. The van der Waals surface area contributed by atoms with Crippen molar-refractivity contribution in [1.29, 1.82) is 0 Å². The molecule has 0 bridgehead atoms. The van der Waals surface area contributed by atoms with Crippen LogP contribution in [0.4, 0.5) is 0 Å². The molecule has 4 nitrogen and oxygen atoms in total. The van der Waals surface area contributed by atoms with E-state index >= 15 is 0 Å². The first-order valence-corrected chi connectivity index (χ1v) is 4.33. The minimum absolute atomic E-state index is 0.393. The van der Waals surface area contributed by atoms with Crippen LogP contribution in [-0.2, 0) is 11.2 Å². The second-order valence-electron chi connectivity index (χ2n) is 3.22. The van der Waals surface area contributed by atoms with Crippen molar-refractivity contribution in [2.45, 2.75) is 12.5 Å². The molecule has 13 heavy (non-hydrogen) atoms. The molecule has 4 heteroatoms. The first-order valence-electron chi connectivity index (χ1n) is 4.33. The minimum atomic E-state index is 0.393. The average Bonchev–Trinajstić information content (AvgIpc) is 2.85. The highest BCUT2D eigenvalue weighted by Gasteiger charge is 2.23. The number of fused-ring (bicyclic) bond motifs is 1. The van der Waals surface area contributed by atoms with Crippen LogP contribution in [0, 0.1) is 0 Å². The van der Waals surface area contributed by atoms with Gasteiger partial charge in [0.05, 0.1) is 18.4 Å². The molecule has 1 fully saturated rings. The number of hydrogen-bond acceptors (Lipinski definition) is 3. The Hall–Kier alpha value is -1.42. The molecule has 1 atom stereocenters. The molecule has 1 saturated heterocycles. The van der Waals surface area contributed by atoms with Crippen molar-refractivity contribution >= 4 is 5.65 Å². The van der Waals surface area contributed by atoms with Crippen LogP contribution in [0.1, 0.15) is 5.69 Å². The molecule has 0 saturated carbocycles. The van der Waals surface area contributed by atoms with Gasteiger partial charge in [0.25, 0.3) is 0 Å². The predicted molar refractivity (Wildman–Crippen MR) is 46.4 cm³/mol. The van der Waals surface area contributed by atoms with Crippen LogP contribution in [0.2, 0.25) is 0 Å². The summed E-state index contributed by atoms with van der Waals surface area (Å²) in [7, 11) is 0. The third kappa shape index (κ3) is 1.29. The van der Waals surface area contributed by atoms with Gasteiger partial charge in [-0.25, -0.2) is 9.50 Å². The van der Waals surface area contributed by atoms with Crippen LogP contribution in [0.3, 0.4) is 0 Å². The highest BCUT2D eigenvalue weighted by Crippen LogP contribution is 2.15. The van der Waals surface area contributed by atoms with Gasteiger partial charge in [0.1, 0.15) is 0 Å². The highest BCUT2D eigenvalue weighted by atomic mass is 16.6. The van der Waals surface area contributed by atoms with E-state index in [1.54, 1.807) is 10.7 Å². The Morgan fingerprint density at radius 3 is 3.31 bits per heavy atom. The van der Waals surface area contributed by atoms with Gasteiger partial charge in [-0.2, -0.15) is 5.10 Å². The Labute approximate surface area is 75.2 Å². The molecule has 2 aromatic heterocycles. The molecule has 1 aliphatic heterocycles. The molecule has 2 aromatic rings. The number of hydrogen-bond donors (Lipinski definition) is 0. The zero-order chi connectivity index (χ0) is 8.67. The second-order valence-corrected chi connectivity index (χ2v) is 3.22. The first kappa shape index (κ1) is 7.03. The molecule has 0 spiro atoms. The van der Waals surface area contributed by atoms with E-state index in [1.165, 1.54) is 0 Å². The lowest BCUT2D eigenvalue weighted by Gasteiger charge is -1.87. The first-order chi connectivity index (χ1) is 6.42. The Bertz CT molecular complexity index is 400. The predicted octanol–water partition coefficient (Wildman–Crippen LogP) is 0.671. The SMILES string of the molecule is c1cnc2cc(CC3CO3)nn2c1. The van der Waals surface area contributed by atoms with Crippen molar-refractivity contribution in [2.75, 3.05) is 6.61 Å². The zero-order valence-corrected chi connectivity index (χ0v) is 7.05. The molecule has 0 N–H and O–H groups in total. The van der Waals surface area contributed by atoms with Crippen molar-refractivity contribution in [2.24, 2.45) is 0 Å². The average molecular weight is 175 g/mol. The van der Waals surface area contributed by atoms with Crippen LogP contribution in [-0.4, -0.2) is 27.3 Å². The molecule has 3 heterocycles. The molecular formula is C9H9N3O. The van der Waals surface area contributed by atoms with Gasteiger partial charge < -0.3 is 4.74 Å². The zero-order valence-electron chi connectivity index (χ0n) is 7.05. The summed E-state index contributed by atoms with van der Waals surface area (Å²) in [6.45, 7) is 0.876. The smallest absolute Gasteiger partial charge is 0.155 e. The van der Waals surface area contributed by atoms with E-state index in [4.69, 9.17) is 4.74 Å². The lowest BCUT2D eigenvalue weighted by Crippen LogP contribution is -1.94. The Morgan fingerprint density at radius 2 is 2.54 bits per heavy atom. The van der Waals surface area contributed by atoms with Gasteiger partial charge >= 0.3 is 0 Å². The van der Waals surface area contributed by atoms with Crippen LogP contribution in [0.15, 0.2) is 24.5 Å². The van der Waals surface area contributed by atoms with E-state index in [0.29, 0.717) is 6.10 Å². The van der Waals surface area contributed by atoms with Crippen molar-refractivity contribution in [1.82, 2.24) is 14.6 Å². The highest BCUT2D eigenvalue weighted by molar-refractivity contribution is 5.38. The third-order valence-corrected chi connectivity index (χ3v) is 2.13. The van der Waals surface area contributed by atoms with Gasteiger partial charge in [0, 0.05) is 24.9 Å². The summed E-state index contributed by atoms with van der Waals surface area (Å²) in [5.74, 6) is 0. The lowest BCUT2D eigenvalue weighted by molar-refractivity contribution is 0.406. The molecule has 3 rings (SSSR count). The largest absolute Gasteiger partial charge is 0.373 e. The summed E-state index contributed by atoms with van der Waals surface area (Å²) in [6, 6.07) is 3.87. The van der Waals surface area contributed by atoms with Gasteiger partial charge in [0.15, 0.2) is 5.65 Å². The fraction of sp³-hybridized carbons (Fsp3) is 0.333. The summed E-state index contributed by atoms with van der Waals surface area (Å²) in [4.78, 5) is 4.19. The van der Waals surface area contributed by atoms with E-state index in [-0.39, 0.29) is 0 Å². The Kier molecular flexibility index (Phi) is 1.37. The van der Waals surface area contributed by atoms with Gasteiger partial charge in [-0.15, -0.1) is 0 Å². The molecule has 1 unspecified atom stereocenters. The third-order valence-electron chi connectivity index (χ3n) is 2.13. The lowest BCUT2D eigenvalue weighted by atomic mass is 10.2. The fourth-order valence-corrected chi connectivity index (χ4v) is 1.40. The van der Waals surface area contributed by atoms with Gasteiger partial charge in [-0.3, -0.25) is 0 Å². The summed E-state index contributed by atoms with van der Waals surface area (Å²) in [5, 5.41) is 4.37. The second kappa shape index (κ2) is 2.53. The molecule has 0 radical (unpaired) electrons. The van der Waals surface area contributed by atoms with E-state index in [0.717, 1.165) is 24.4 Å². The van der Waals surface area contributed by atoms with Crippen LogP contribution in [0.25, 0.3) is 5.65 Å². The van der Waals surface area contributed by atoms with Crippen LogP contribution >= 0.6 is 0 Å². The van der Waals surface area contributed by atoms with Crippen LogP contribution < -0.4 is 0 Å². The van der Waals surface area contributed by atoms with E-state index in [1.807, 2.05) is 18.3 Å². The maximum Gasteiger partial charge on any atom is 0.155 e. The molecule has 0 amide bonds. The van der Waals surface area contributed by atoms with E-state index in [2.05, 4.69) is 10.1 Å².